The Morgan fingerprint density at radius 1 is 0.448 bits per heavy atom. The number of hydrogen-bond donors (Lipinski definition) is 0. The van der Waals surface area contributed by atoms with Crippen LogP contribution in [0.4, 0.5) is 0 Å². The van der Waals surface area contributed by atoms with Gasteiger partial charge in [-0.05, 0) is 19.3 Å². The number of unbranched alkanes of at least 4 members (excludes halogenated alkanes) is 16. The van der Waals surface area contributed by atoms with Crippen molar-refractivity contribution in [2.24, 2.45) is 0 Å². The van der Waals surface area contributed by atoms with Crippen molar-refractivity contribution in [2.45, 2.75) is 149 Å². The molecule has 172 valence electrons. The average molecular weight is 407 g/mol. The van der Waals surface area contributed by atoms with Crippen molar-refractivity contribution in [1.82, 2.24) is 9.80 Å². The summed E-state index contributed by atoms with van der Waals surface area (Å²) in [5.74, 6) is 0. The third kappa shape index (κ3) is 13.3. The van der Waals surface area contributed by atoms with Crippen LogP contribution in [0.2, 0.25) is 0 Å². The SMILES string of the molecule is CCCCCCCCCCCCCCN1C=CN(CCCCCCCC)C1CC. The first-order valence-corrected chi connectivity index (χ1v) is 13.5. The monoisotopic (exact) mass is 406 g/mol. The highest BCUT2D eigenvalue weighted by molar-refractivity contribution is 4.96. The highest BCUT2D eigenvalue weighted by atomic mass is 15.4. The lowest BCUT2D eigenvalue weighted by Crippen LogP contribution is -2.38. The van der Waals surface area contributed by atoms with Crippen molar-refractivity contribution in [3.8, 4) is 0 Å². The van der Waals surface area contributed by atoms with E-state index in [1.165, 1.54) is 135 Å². The van der Waals surface area contributed by atoms with E-state index in [0.29, 0.717) is 6.17 Å². The smallest absolute Gasteiger partial charge is 0.100 e. The van der Waals surface area contributed by atoms with Gasteiger partial charge in [-0.25, -0.2) is 0 Å². The molecule has 1 aliphatic heterocycles. The van der Waals surface area contributed by atoms with E-state index in [1.54, 1.807) is 0 Å². The van der Waals surface area contributed by atoms with Crippen molar-refractivity contribution >= 4 is 0 Å². The fourth-order valence-electron chi connectivity index (χ4n) is 4.69. The number of rotatable bonds is 21. The first kappa shape index (κ1) is 26.4. The Bertz CT molecular complexity index is 366. The predicted octanol–water partition coefficient (Wildman–Crippen LogP) is 8.87. The summed E-state index contributed by atoms with van der Waals surface area (Å²) in [6, 6.07) is 0. The van der Waals surface area contributed by atoms with Gasteiger partial charge in [0.2, 0.25) is 0 Å². The van der Waals surface area contributed by atoms with Crippen molar-refractivity contribution in [1.29, 1.82) is 0 Å². The van der Waals surface area contributed by atoms with E-state index in [9.17, 15) is 0 Å². The second-order valence-corrected chi connectivity index (χ2v) is 9.32. The second-order valence-electron chi connectivity index (χ2n) is 9.32. The lowest BCUT2D eigenvalue weighted by Gasteiger charge is -2.32. The maximum absolute atomic E-state index is 2.60. The highest BCUT2D eigenvalue weighted by Gasteiger charge is 2.23. The summed E-state index contributed by atoms with van der Waals surface area (Å²) in [7, 11) is 0. The van der Waals surface area contributed by atoms with Gasteiger partial charge < -0.3 is 9.80 Å². The predicted molar refractivity (Wildman–Crippen MR) is 131 cm³/mol. The summed E-state index contributed by atoms with van der Waals surface area (Å²) in [6.07, 6.45) is 32.2. The highest BCUT2D eigenvalue weighted by Crippen LogP contribution is 2.21. The van der Waals surface area contributed by atoms with E-state index in [1.807, 2.05) is 0 Å². The van der Waals surface area contributed by atoms with Crippen molar-refractivity contribution in [3.63, 3.8) is 0 Å². The molecular formula is C27H54N2. The first-order valence-electron chi connectivity index (χ1n) is 13.5. The van der Waals surface area contributed by atoms with Crippen molar-refractivity contribution in [2.75, 3.05) is 13.1 Å². The second kappa shape index (κ2) is 19.3. The molecule has 0 spiro atoms. The van der Waals surface area contributed by atoms with E-state index in [0.717, 1.165) is 0 Å². The lowest BCUT2D eigenvalue weighted by molar-refractivity contribution is 0.144. The van der Waals surface area contributed by atoms with E-state index < -0.39 is 0 Å². The average Bonchev–Trinajstić information content (AvgIpc) is 3.13. The Balaban J connectivity index is 1.97. The van der Waals surface area contributed by atoms with Crippen LogP contribution in [0, 0.1) is 0 Å². The van der Waals surface area contributed by atoms with Gasteiger partial charge in [-0.3, -0.25) is 0 Å². The van der Waals surface area contributed by atoms with Gasteiger partial charge in [-0.15, -0.1) is 0 Å². The zero-order chi connectivity index (χ0) is 21.0. The van der Waals surface area contributed by atoms with E-state index in [4.69, 9.17) is 0 Å². The Morgan fingerprint density at radius 2 is 0.759 bits per heavy atom. The summed E-state index contributed by atoms with van der Waals surface area (Å²) in [6.45, 7) is 9.44. The standard InChI is InChI=1S/C27H54N2/c1-4-7-9-11-13-14-15-16-17-18-20-22-24-29-26-25-28(27(29)6-3)23-21-19-12-10-8-5-2/h25-27H,4-24H2,1-3H3. The molecule has 0 saturated heterocycles. The summed E-state index contributed by atoms with van der Waals surface area (Å²) in [4.78, 5) is 5.20. The molecule has 0 aromatic rings. The van der Waals surface area contributed by atoms with Gasteiger partial charge in [0, 0.05) is 25.5 Å². The first-order chi connectivity index (χ1) is 14.3. The molecule has 1 aliphatic rings. The zero-order valence-corrected chi connectivity index (χ0v) is 20.5. The van der Waals surface area contributed by atoms with E-state index in [-0.39, 0.29) is 0 Å². The molecule has 0 radical (unpaired) electrons. The summed E-state index contributed by atoms with van der Waals surface area (Å²) < 4.78 is 0. The molecule has 0 bridgehead atoms. The minimum Gasteiger partial charge on any atom is -0.356 e. The van der Waals surface area contributed by atoms with Crippen LogP contribution in [0.25, 0.3) is 0 Å². The summed E-state index contributed by atoms with van der Waals surface area (Å²) in [5, 5.41) is 0. The van der Waals surface area contributed by atoms with Gasteiger partial charge in [0.25, 0.3) is 0 Å². The molecule has 0 aliphatic carbocycles. The minimum absolute atomic E-state index is 0.623. The van der Waals surface area contributed by atoms with Gasteiger partial charge in [0.1, 0.15) is 6.17 Å². The van der Waals surface area contributed by atoms with Gasteiger partial charge in [-0.2, -0.15) is 0 Å². The molecule has 1 rings (SSSR count). The third-order valence-corrected chi connectivity index (χ3v) is 6.62. The Kier molecular flexibility index (Phi) is 17.6. The topological polar surface area (TPSA) is 6.48 Å². The molecule has 0 amide bonds. The summed E-state index contributed by atoms with van der Waals surface area (Å²) >= 11 is 0. The van der Waals surface area contributed by atoms with Crippen molar-refractivity contribution < 1.29 is 0 Å². The third-order valence-electron chi connectivity index (χ3n) is 6.62. The van der Waals surface area contributed by atoms with E-state index >= 15 is 0 Å². The maximum atomic E-state index is 2.60. The van der Waals surface area contributed by atoms with Gasteiger partial charge >= 0.3 is 0 Å². The normalized spacial score (nSPS) is 16.3. The molecule has 1 heterocycles. The van der Waals surface area contributed by atoms with Crippen LogP contribution in [0.15, 0.2) is 12.4 Å². The quantitative estimate of drug-likeness (QED) is 0.176. The maximum Gasteiger partial charge on any atom is 0.100 e. The Hall–Kier alpha value is -0.660. The molecule has 0 aromatic heterocycles. The van der Waals surface area contributed by atoms with Crippen molar-refractivity contribution in [3.05, 3.63) is 12.4 Å². The van der Waals surface area contributed by atoms with Crippen LogP contribution in [-0.2, 0) is 0 Å². The number of hydrogen-bond acceptors (Lipinski definition) is 2. The zero-order valence-electron chi connectivity index (χ0n) is 20.5. The van der Waals surface area contributed by atoms with Crippen LogP contribution in [0.5, 0.6) is 0 Å². The number of nitrogens with zero attached hydrogens (tertiary/aromatic N) is 2. The molecule has 0 saturated carbocycles. The van der Waals surface area contributed by atoms with Crippen LogP contribution in [-0.4, -0.2) is 29.1 Å². The van der Waals surface area contributed by atoms with Crippen LogP contribution in [0.3, 0.4) is 0 Å². The molecular weight excluding hydrogens is 352 g/mol. The molecule has 0 N–H and O–H groups in total. The fourth-order valence-corrected chi connectivity index (χ4v) is 4.69. The minimum atomic E-state index is 0.623. The molecule has 29 heavy (non-hydrogen) atoms. The molecule has 0 aromatic carbocycles. The fraction of sp³-hybridized carbons (Fsp3) is 0.926. The molecule has 1 atom stereocenters. The Morgan fingerprint density at radius 3 is 1.07 bits per heavy atom. The molecule has 1 unspecified atom stereocenters. The summed E-state index contributed by atoms with van der Waals surface area (Å²) in [5.41, 5.74) is 0. The van der Waals surface area contributed by atoms with Gasteiger partial charge in [0.15, 0.2) is 0 Å². The van der Waals surface area contributed by atoms with E-state index in [2.05, 4.69) is 43.0 Å². The van der Waals surface area contributed by atoms with Crippen LogP contribution >= 0.6 is 0 Å². The van der Waals surface area contributed by atoms with Crippen LogP contribution < -0.4 is 0 Å². The molecule has 2 nitrogen and oxygen atoms in total. The van der Waals surface area contributed by atoms with Gasteiger partial charge in [0.05, 0.1) is 0 Å². The largest absolute Gasteiger partial charge is 0.356 e. The van der Waals surface area contributed by atoms with Gasteiger partial charge in [-0.1, -0.05) is 124 Å². The molecule has 2 heteroatoms. The van der Waals surface area contributed by atoms with Crippen LogP contribution in [0.1, 0.15) is 143 Å². The Labute approximate surface area is 184 Å². The lowest BCUT2D eigenvalue weighted by atomic mass is 10.1. The molecule has 0 fully saturated rings.